The molecular formula is C36H42N4S2. The third-order valence-electron chi connectivity index (χ3n) is 10.1. The lowest BCUT2D eigenvalue weighted by molar-refractivity contribution is 0.398. The Balaban J connectivity index is 1.34. The van der Waals surface area contributed by atoms with Crippen LogP contribution in [0.2, 0.25) is 0 Å². The molecule has 7 rings (SSSR count). The molecular weight excluding hydrogens is 553 g/mol. The average molecular weight is 595 g/mol. The van der Waals surface area contributed by atoms with Gasteiger partial charge in [-0.15, -0.1) is 0 Å². The Morgan fingerprint density at radius 3 is 1.83 bits per heavy atom. The van der Waals surface area contributed by atoms with Gasteiger partial charge in [0.1, 0.15) is 22.1 Å². The number of unbranched alkanes of at least 4 members (excludes halogenated alkanes) is 10. The van der Waals surface area contributed by atoms with Gasteiger partial charge in [-0.2, -0.15) is 17.5 Å². The van der Waals surface area contributed by atoms with Crippen LogP contribution in [0.1, 0.15) is 126 Å². The fraction of sp³-hybridized carbons (Fsp3) is 0.500. The highest BCUT2D eigenvalue weighted by Gasteiger charge is 2.44. The first kappa shape index (κ1) is 28.1. The summed E-state index contributed by atoms with van der Waals surface area (Å²) in [6.07, 6.45) is 19.3. The minimum absolute atomic E-state index is 0.0317. The number of benzene rings is 3. The predicted octanol–water partition coefficient (Wildman–Crippen LogP) is 11.0. The van der Waals surface area contributed by atoms with Crippen LogP contribution in [0, 0.1) is 0 Å². The minimum atomic E-state index is 0.0317. The highest BCUT2D eigenvalue weighted by Crippen LogP contribution is 2.58. The molecule has 0 N–H and O–H groups in total. The lowest BCUT2D eigenvalue weighted by atomic mass is 9.70. The second-order valence-corrected chi connectivity index (χ2v) is 13.8. The van der Waals surface area contributed by atoms with E-state index in [1.807, 2.05) is 0 Å². The van der Waals surface area contributed by atoms with E-state index in [9.17, 15) is 0 Å². The maximum absolute atomic E-state index is 4.90. The maximum atomic E-state index is 4.90. The van der Waals surface area contributed by atoms with Crippen molar-refractivity contribution in [1.29, 1.82) is 0 Å². The average Bonchev–Trinajstić information content (AvgIpc) is 3.79. The molecule has 5 aromatic rings. The fourth-order valence-corrected chi connectivity index (χ4v) is 9.00. The van der Waals surface area contributed by atoms with Gasteiger partial charge in [0, 0.05) is 16.5 Å². The smallest absolute Gasteiger partial charge is 0.112 e. The Kier molecular flexibility index (Phi) is 8.11. The van der Waals surface area contributed by atoms with Crippen molar-refractivity contribution in [1.82, 2.24) is 17.5 Å². The van der Waals surface area contributed by atoms with E-state index in [0.717, 1.165) is 28.5 Å². The van der Waals surface area contributed by atoms with Crippen LogP contribution in [0.25, 0.3) is 44.3 Å². The quantitative estimate of drug-likeness (QED) is 0.118. The van der Waals surface area contributed by atoms with Gasteiger partial charge in [-0.25, -0.2) is 0 Å². The van der Waals surface area contributed by atoms with Crippen LogP contribution in [0.3, 0.4) is 0 Å². The number of fused-ring (bicyclic) bond motifs is 10. The van der Waals surface area contributed by atoms with Crippen molar-refractivity contribution >= 4 is 45.5 Å². The first-order chi connectivity index (χ1) is 20.7. The van der Waals surface area contributed by atoms with Crippen LogP contribution in [0.4, 0.5) is 0 Å². The molecule has 2 aromatic heterocycles. The van der Waals surface area contributed by atoms with Gasteiger partial charge >= 0.3 is 0 Å². The zero-order valence-electron chi connectivity index (χ0n) is 25.2. The normalized spacial score (nSPS) is 14.4. The monoisotopic (exact) mass is 594 g/mol. The van der Waals surface area contributed by atoms with Crippen LogP contribution >= 0.6 is 23.5 Å². The van der Waals surface area contributed by atoms with Crippen molar-refractivity contribution in [2.75, 3.05) is 0 Å². The lowest BCUT2D eigenvalue weighted by Crippen LogP contribution is -2.25. The van der Waals surface area contributed by atoms with Gasteiger partial charge in [0.25, 0.3) is 0 Å². The molecule has 4 nitrogen and oxygen atoms in total. The molecule has 6 heteroatoms. The maximum Gasteiger partial charge on any atom is 0.112 e. The molecule has 0 bridgehead atoms. The predicted molar refractivity (Wildman–Crippen MR) is 179 cm³/mol. The molecule has 3 aromatic carbocycles. The van der Waals surface area contributed by atoms with Crippen LogP contribution in [0.15, 0.2) is 36.4 Å². The zero-order chi connectivity index (χ0) is 28.5. The molecule has 0 saturated carbocycles. The molecule has 0 amide bonds. The summed E-state index contributed by atoms with van der Waals surface area (Å²) in [4.78, 5) is 0. The number of aromatic nitrogens is 4. The Hall–Kier alpha value is -2.70. The van der Waals surface area contributed by atoms with Crippen molar-refractivity contribution in [2.45, 2.75) is 116 Å². The van der Waals surface area contributed by atoms with Gasteiger partial charge < -0.3 is 0 Å². The summed E-state index contributed by atoms with van der Waals surface area (Å²) >= 11 is 2.69. The van der Waals surface area contributed by atoms with Gasteiger partial charge in [-0.3, -0.25) is 0 Å². The lowest BCUT2D eigenvalue weighted by Gasteiger charge is -2.33. The number of rotatable bonds is 14. The zero-order valence-corrected chi connectivity index (χ0v) is 26.8. The Morgan fingerprint density at radius 2 is 1.17 bits per heavy atom. The van der Waals surface area contributed by atoms with Crippen molar-refractivity contribution in [3.63, 3.8) is 0 Å². The van der Waals surface area contributed by atoms with Gasteiger partial charge in [0.05, 0.1) is 23.5 Å². The Bertz CT molecular complexity index is 1700. The fourth-order valence-electron chi connectivity index (χ4n) is 7.92. The van der Waals surface area contributed by atoms with Gasteiger partial charge in [-0.1, -0.05) is 103 Å². The molecule has 2 heterocycles. The summed E-state index contributed by atoms with van der Waals surface area (Å²) in [7, 11) is 0. The minimum Gasteiger partial charge on any atom is -0.173 e. The Labute approximate surface area is 258 Å². The van der Waals surface area contributed by atoms with Crippen molar-refractivity contribution in [3.05, 3.63) is 58.7 Å². The van der Waals surface area contributed by atoms with E-state index in [1.165, 1.54) is 158 Å². The van der Waals surface area contributed by atoms with Crippen LogP contribution < -0.4 is 0 Å². The summed E-state index contributed by atoms with van der Waals surface area (Å²) in [6.45, 7) is 4.62. The molecule has 2 aliphatic rings. The van der Waals surface area contributed by atoms with Crippen molar-refractivity contribution in [2.24, 2.45) is 0 Å². The second-order valence-electron chi connectivity index (χ2n) is 12.7. The van der Waals surface area contributed by atoms with Crippen molar-refractivity contribution in [3.8, 4) is 22.3 Å². The molecule has 2 aliphatic carbocycles. The molecule has 0 spiro atoms. The molecule has 218 valence electrons. The van der Waals surface area contributed by atoms with Crippen molar-refractivity contribution < 1.29 is 0 Å². The number of hydrogen-bond donors (Lipinski definition) is 0. The summed E-state index contributed by atoms with van der Waals surface area (Å²) in [5, 5.41) is 0. The highest BCUT2D eigenvalue weighted by molar-refractivity contribution is 7.00. The topological polar surface area (TPSA) is 51.6 Å². The van der Waals surface area contributed by atoms with Gasteiger partial charge in [0.15, 0.2) is 0 Å². The van der Waals surface area contributed by atoms with E-state index in [-0.39, 0.29) is 5.41 Å². The standard InChI is InChI=1S/C36H42N4S2/c1-3-5-7-9-11-13-19-36(20-14-12-10-8-6-4-2)28-16-18-31-35(40-42-38-31)33(28)27-22-25-21-24-15-17-30-34(39-41-37-30)32(24)26(25)23-29(27)36/h15-18,22-23H,3-14,19-21H2,1-2H3. The van der Waals surface area contributed by atoms with Gasteiger partial charge in [-0.05, 0) is 76.9 Å². The molecule has 42 heavy (non-hydrogen) atoms. The van der Waals surface area contributed by atoms with E-state index in [1.54, 1.807) is 0 Å². The number of nitrogens with zero attached hydrogens (tertiary/aromatic N) is 4. The number of hydrogen-bond acceptors (Lipinski definition) is 6. The molecule has 0 saturated heterocycles. The van der Waals surface area contributed by atoms with Crippen LogP contribution in [0.5, 0.6) is 0 Å². The SMILES string of the molecule is CCCCCCCCC1(CCCCCCCC)c2cc3c(cc2-c2c1ccc1nsnc21)Cc1ccc2nsnc2c1-3. The molecule has 0 aliphatic heterocycles. The van der Waals surface area contributed by atoms with E-state index < -0.39 is 0 Å². The molecule has 0 fully saturated rings. The van der Waals surface area contributed by atoms with E-state index in [0.29, 0.717) is 0 Å². The van der Waals surface area contributed by atoms with E-state index in [4.69, 9.17) is 8.75 Å². The summed E-state index contributed by atoms with van der Waals surface area (Å²) in [5.41, 5.74) is 15.6. The summed E-state index contributed by atoms with van der Waals surface area (Å²) < 4.78 is 18.9. The summed E-state index contributed by atoms with van der Waals surface area (Å²) in [5.74, 6) is 0. The first-order valence-corrected chi connectivity index (χ1v) is 17.9. The van der Waals surface area contributed by atoms with Crippen LogP contribution in [-0.4, -0.2) is 17.5 Å². The molecule has 0 atom stereocenters. The van der Waals surface area contributed by atoms with Crippen LogP contribution in [-0.2, 0) is 11.8 Å². The van der Waals surface area contributed by atoms with E-state index >= 15 is 0 Å². The Morgan fingerprint density at radius 1 is 0.571 bits per heavy atom. The highest BCUT2D eigenvalue weighted by atomic mass is 32.1. The third-order valence-corrected chi connectivity index (χ3v) is 11.1. The summed E-state index contributed by atoms with van der Waals surface area (Å²) in [6, 6.07) is 14.2. The first-order valence-electron chi connectivity index (χ1n) is 16.4. The molecule has 0 radical (unpaired) electrons. The van der Waals surface area contributed by atoms with E-state index in [2.05, 4.69) is 59.0 Å². The second kappa shape index (κ2) is 12.1. The molecule has 0 unspecified atom stereocenters. The third kappa shape index (κ3) is 4.79. The van der Waals surface area contributed by atoms with Gasteiger partial charge in [0.2, 0.25) is 0 Å². The largest absolute Gasteiger partial charge is 0.173 e.